The Morgan fingerprint density at radius 1 is 1.23 bits per heavy atom. The van der Waals surface area contributed by atoms with Gasteiger partial charge in [-0.1, -0.05) is 0 Å². The summed E-state index contributed by atoms with van der Waals surface area (Å²) in [6.07, 6.45) is 4.01. The number of benzene rings is 1. The number of fused-ring (bicyclic) bond motifs is 1. The molecule has 0 aliphatic rings. The van der Waals surface area contributed by atoms with Crippen LogP contribution < -0.4 is 0 Å². The highest BCUT2D eigenvalue weighted by molar-refractivity contribution is 9.10. The van der Waals surface area contributed by atoms with Crippen LogP contribution in [-0.4, -0.2) is 16.3 Å². The van der Waals surface area contributed by atoms with E-state index < -0.39 is 0 Å². The minimum atomic E-state index is 0.597. The van der Waals surface area contributed by atoms with Crippen molar-refractivity contribution in [3.63, 3.8) is 0 Å². The van der Waals surface area contributed by atoms with Gasteiger partial charge in [0.1, 0.15) is 11.8 Å². The van der Waals surface area contributed by atoms with E-state index in [2.05, 4.69) is 25.9 Å². The third-order valence-corrected chi connectivity index (χ3v) is 2.29. The molecule has 2 aromatic rings. The lowest BCUT2D eigenvalue weighted by atomic mass is 10.2. The second-order valence-electron chi connectivity index (χ2n) is 2.54. The number of nitrogens with zero attached hydrogens (tertiary/aromatic N) is 2. The van der Waals surface area contributed by atoms with Crippen LogP contribution in [-0.2, 0) is 0 Å². The predicted molar refractivity (Wildman–Crippen MR) is 52.6 cm³/mol. The van der Waals surface area contributed by atoms with Crippen LogP contribution in [0.15, 0.2) is 29.0 Å². The molecular formula is C9H5BrN2O. The maximum absolute atomic E-state index is 10.5. The van der Waals surface area contributed by atoms with Gasteiger partial charge < -0.3 is 0 Å². The lowest BCUT2D eigenvalue weighted by Gasteiger charge is -1.98. The molecule has 0 unspecified atom stereocenters. The molecule has 13 heavy (non-hydrogen) atoms. The average molecular weight is 237 g/mol. The number of aromatic nitrogens is 2. The zero-order valence-electron chi connectivity index (χ0n) is 6.57. The molecule has 1 aromatic carbocycles. The first-order valence-corrected chi connectivity index (χ1v) is 4.46. The van der Waals surface area contributed by atoms with Crippen LogP contribution >= 0.6 is 15.9 Å². The maximum atomic E-state index is 10.5. The fraction of sp³-hybridized carbons (Fsp3) is 0. The van der Waals surface area contributed by atoms with Gasteiger partial charge in [0.2, 0.25) is 0 Å². The highest BCUT2D eigenvalue weighted by atomic mass is 79.9. The first kappa shape index (κ1) is 8.31. The summed E-state index contributed by atoms with van der Waals surface area (Å²) < 4.78 is 0.792. The molecule has 64 valence electrons. The largest absolute Gasteiger partial charge is 0.298 e. The van der Waals surface area contributed by atoms with Crippen molar-refractivity contribution < 1.29 is 4.79 Å². The molecule has 0 bridgehead atoms. The highest BCUT2D eigenvalue weighted by Gasteiger charge is 2.02. The van der Waals surface area contributed by atoms with Gasteiger partial charge in [-0.3, -0.25) is 14.8 Å². The van der Waals surface area contributed by atoms with E-state index in [1.54, 1.807) is 24.5 Å². The standard InChI is InChI=1S/C9H5BrN2O/c10-7-3-6(5-13)4-8-9(7)12-2-1-11-8/h1-5H. The van der Waals surface area contributed by atoms with Crippen LogP contribution in [0.5, 0.6) is 0 Å². The Morgan fingerprint density at radius 2 is 2.00 bits per heavy atom. The van der Waals surface area contributed by atoms with Gasteiger partial charge in [-0.15, -0.1) is 0 Å². The van der Waals surface area contributed by atoms with Crippen LogP contribution in [0.25, 0.3) is 11.0 Å². The second kappa shape index (κ2) is 3.22. The van der Waals surface area contributed by atoms with E-state index in [0.29, 0.717) is 5.56 Å². The summed E-state index contributed by atoms with van der Waals surface area (Å²) in [4.78, 5) is 18.8. The van der Waals surface area contributed by atoms with Crippen molar-refractivity contribution in [1.82, 2.24) is 9.97 Å². The number of carbonyl (C=O) groups excluding carboxylic acids is 1. The van der Waals surface area contributed by atoms with Crippen molar-refractivity contribution in [2.45, 2.75) is 0 Å². The van der Waals surface area contributed by atoms with E-state index >= 15 is 0 Å². The van der Waals surface area contributed by atoms with Gasteiger partial charge in [0, 0.05) is 22.4 Å². The van der Waals surface area contributed by atoms with Crippen molar-refractivity contribution in [2.75, 3.05) is 0 Å². The van der Waals surface area contributed by atoms with Crippen LogP contribution in [0, 0.1) is 0 Å². The Hall–Kier alpha value is -1.29. The van der Waals surface area contributed by atoms with Gasteiger partial charge in [-0.25, -0.2) is 0 Å². The Kier molecular flexibility index (Phi) is 2.06. The van der Waals surface area contributed by atoms with Crippen molar-refractivity contribution in [3.8, 4) is 0 Å². The van der Waals surface area contributed by atoms with Gasteiger partial charge in [-0.2, -0.15) is 0 Å². The smallest absolute Gasteiger partial charge is 0.150 e. The molecule has 0 saturated carbocycles. The third-order valence-electron chi connectivity index (χ3n) is 1.69. The summed E-state index contributed by atoms with van der Waals surface area (Å²) >= 11 is 3.33. The molecule has 0 aliphatic heterocycles. The molecule has 2 rings (SSSR count). The number of carbonyl (C=O) groups is 1. The fourth-order valence-corrected chi connectivity index (χ4v) is 1.69. The van der Waals surface area contributed by atoms with Gasteiger partial charge in [0.15, 0.2) is 0 Å². The number of halogens is 1. The Labute approximate surface area is 82.9 Å². The molecule has 0 saturated heterocycles. The molecule has 1 aromatic heterocycles. The van der Waals surface area contributed by atoms with Gasteiger partial charge >= 0.3 is 0 Å². The molecule has 0 aliphatic carbocycles. The lowest BCUT2D eigenvalue weighted by molar-refractivity contribution is 0.112. The molecule has 0 fully saturated rings. The molecule has 0 amide bonds. The first-order valence-electron chi connectivity index (χ1n) is 3.67. The Bertz CT molecular complexity index is 470. The van der Waals surface area contributed by atoms with Crippen LogP contribution in [0.1, 0.15) is 10.4 Å². The fourth-order valence-electron chi connectivity index (χ4n) is 1.12. The zero-order valence-corrected chi connectivity index (χ0v) is 8.15. The van der Waals surface area contributed by atoms with E-state index in [0.717, 1.165) is 21.8 Å². The molecule has 0 spiro atoms. The molecule has 0 radical (unpaired) electrons. The Morgan fingerprint density at radius 3 is 2.77 bits per heavy atom. The third kappa shape index (κ3) is 1.45. The average Bonchev–Trinajstić information content (AvgIpc) is 2.18. The minimum Gasteiger partial charge on any atom is -0.298 e. The first-order chi connectivity index (χ1) is 6.31. The van der Waals surface area contributed by atoms with E-state index in [9.17, 15) is 4.79 Å². The number of hydrogen-bond donors (Lipinski definition) is 0. The molecule has 0 N–H and O–H groups in total. The minimum absolute atomic E-state index is 0.597. The normalized spacial score (nSPS) is 10.2. The topological polar surface area (TPSA) is 42.9 Å². The van der Waals surface area contributed by atoms with Crippen LogP contribution in [0.2, 0.25) is 0 Å². The van der Waals surface area contributed by atoms with Gasteiger partial charge in [0.05, 0.1) is 5.52 Å². The maximum Gasteiger partial charge on any atom is 0.150 e. The second-order valence-corrected chi connectivity index (χ2v) is 3.40. The summed E-state index contributed by atoms with van der Waals surface area (Å²) in [6.45, 7) is 0. The zero-order chi connectivity index (χ0) is 9.26. The number of hydrogen-bond acceptors (Lipinski definition) is 3. The summed E-state index contributed by atoms with van der Waals surface area (Å²) in [5.74, 6) is 0. The van der Waals surface area contributed by atoms with Gasteiger partial charge in [0.25, 0.3) is 0 Å². The van der Waals surface area contributed by atoms with E-state index in [1.165, 1.54) is 0 Å². The summed E-state index contributed by atoms with van der Waals surface area (Å²) in [7, 11) is 0. The monoisotopic (exact) mass is 236 g/mol. The molecular weight excluding hydrogens is 232 g/mol. The number of aldehydes is 1. The SMILES string of the molecule is O=Cc1cc(Br)c2nccnc2c1. The Balaban J connectivity index is 2.84. The molecule has 4 heteroatoms. The molecule has 3 nitrogen and oxygen atoms in total. The van der Waals surface area contributed by atoms with Crippen molar-refractivity contribution >= 4 is 33.2 Å². The molecule has 1 heterocycles. The van der Waals surface area contributed by atoms with Crippen LogP contribution in [0.4, 0.5) is 0 Å². The summed E-state index contributed by atoms with van der Waals surface area (Å²) in [5, 5.41) is 0. The molecule has 0 atom stereocenters. The van der Waals surface area contributed by atoms with Gasteiger partial charge in [-0.05, 0) is 28.1 Å². The van der Waals surface area contributed by atoms with E-state index in [1.807, 2.05) is 0 Å². The number of rotatable bonds is 1. The van der Waals surface area contributed by atoms with E-state index in [-0.39, 0.29) is 0 Å². The quantitative estimate of drug-likeness (QED) is 0.714. The van der Waals surface area contributed by atoms with E-state index in [4.69, 9.17) is 0 Å². The van der Waals surface area contributed by atoms with Crippen molar-refractivity contribution in [3.05, 3.63) is 34.6 Å². The summed E-state index contributed by atoms with van der Waals surface area (Å²) in [6, 6.07) is 3.43. The lowest BCUT2D eigenvalue weighted by Crippen LogP contribution is -1.87. The van der Waals surface area contributed by atoms with Crippen molar-refractivity contribution in [2.24, 2.45) is 0 Å². The van der Waals surface area contributed by atoms with Crippen molar-refractivity contribution in [1.29, 1.82) is 0 Å². The summed E-state index contributed by atoms with van der Waals surface area (Å²) in [5.41, 5.74) is 2.09. The predicted octanol–water partition coefficient (Wildman–Crippen LogP) is 2.20. The van der Waals surface area contributed by atoms with Crippen LogP contribution in [0.3, 0.4) is 0 Å². The highest BCUT2D eigenvalue weighted by Crippen LogP contribution is 2.21.